The van der Waals surface area contributed by atoms with Crippen molar-refractivity contribution in [3.63, 3.8) is 0 Å². The van der Waals surface area contributed by atoms with Crippen LogP contribution in [0.15, 0.2) is 0 Å². The Balaban J connectivity index is 1.48. The molecule has 4 aliphatic rings. The average Bonchev–Trinajstić information content (AvgIpc) is 3.47. The summed E-state index contributed by atoms with van der Waals surface area (Å²) in [5, 5.41) is 12.2. The number of nitrogens with zero attached hydrogens (tertiary/aromatic N) is 2. The Labute approximate surface area is 206 Å². The molecule has 2 amide bonds. The highest BCUT2D eigenvalue weighted by Gasteiger charge is 2.73. The van der Waals surface area contributed by atoms with Gasteiger partial charge in [-0.2, -0.15) is 0 Å². The number of rotatable bonds is 12. The molecule has 5 atom stereocenters. The lowest BCUT2D eigenvalue weighted by Gasteiger charge is -2.34. The summed E-state index contributed by atoms with van der Waals surface area (Å²) in [7, 11) is 0. The number of fused-ring (bicyclic) bond motifs is 1. The molecule has 0 aliphatic carbocycles. The van der Waals surface area contributed by atoms with Crippen LogP contribution in [0.1, 0.15) is 45.4 Å². The molecule has 0 saturated carbocycles. The second kappa shape index (κ2) is 11.6. The highest BCUT2D eigenvalue weighted by atomic mass is 32.2. The summed E-state index contributed by atoms with van der Waals surface area (Å²) in [5.74, 6) is -1.41. The van der Waals surface area contributed by atoms with E-state index in [-0.39, 0.29) is 29.6 Å². The van der Waals surface area contributed by atoms with Gasteiger partial charge in [0.1, 0.15) is 6.04 Å². The molecule has 2 bridgehead atoms. The third-order valence-electron chi connectivity index (χ3n) is 7.75. The maximum absolute atomic E-state index is 13.7. The first-order valence-corrected chi connectivity index (χ1v) is 13.7. The summed E-state index contributed by atoms with van der Waals surface area (Å²) >= 11 is 1.68. The molecule has 192 valence electrons. The quantitative estimate of drug-likeness (QED) is 0.299. The van der Waals surface area contributed by atoms with Crippen LogP contribution in [0.25, 0.3) is 0 Å². The van der Waals surface area contributed by atoms with Gasteiger partial charge in [-0.3, -0.25) is 19.3 Å². The number of hydrogen-bond acceptors (Lipinski definition) is 8. The molecule has 4 aliphatic heterocycles. The molecule has 2 unspecified atom stereocenters. The Morgan fingerprint density at radius 3 is 2.71 bits per heavy atom. The Bertz CT molecular complexity index is 748. The molecule has 1 spiro atoms. The number of thioether (sulfide) groups is 1. The van der Waals surface area contributed by atoms with Gasteiger partial charge in [0, 0.05) is 44.6 Å². The van der Waals surface area contributed by atoms with Crippen molar-refractivity contribution < 1.29 is 29.0 Å². The maximum Gasteiger partial charge on any atom is 0.310 e. The van der Waals surface area contributed by atoms with Gasteiger partial charge < -0.3 is 24.8 Å². The molecular weight excluding hydrogens is 458 g/mol. The number of ether oxygens (including phenoxy) is 2. The van der Waals surface area contributed by atoms with Crippen molar-refractivity contribution in [1.82, 2.24) is 15.1 Å². The Morgan fingerprint density at radius 1 is 1.21 bits per heavy atom. The van der Waals surface area contributed by atoms with Crippen LogP contribution in [-0.2, 0) is 23.9 Å². The number of carbonyl (C=O) groups is 3. The largest absolute Gasteiger partial charge is 0.466 e. The Morgan fingerprint density at radius 2 is 1.97 bits per heavy atom. The average molecular weight is 498 g/mol. The van der Waals surface area contributed by atoms with E-state index in [0.717, 1.165) is 58.2 Å². The van der Waals surface area contributed by atoms with E-state index in [4.69, 9.17) is 14.6 Å². The molecule has 34 heavy (non-hydrogen) atoms. The zero-order valence-electron chi connectivity index (χ0n) is 20.2. The fraction of sp³-hybridized carbons (Fsp3) is 0.875. The molecule has 9 nitrogen and oxygen atoms in total. The van der Waals surface area contributed by atoms with Gasteiger partial charge in [0.2, 0.25) is 11.8 Å². The van der Waals surface area contributed by atoms with Crippen molar-refractivity contribution in [3.8, 4) is 0 Å². The first-order valence-electron chi connectivity index (χ1n) is 12.9. The Hall–Kier alpha value is -1.36. The molecule has 0 aromatic carbocycles. The standard InChI is InChI=1S/C24H39N3O6S/c1-2-33-23(31)18-17-7-8-24(34-17)19(18)22(30)27(10-5-3-4-6-14-28)20(24)21(29)25-9-11-26-12-15-32-16-13-26/h17-20,28H,2-16H2,1H3,(H,25,29)/t17-,18+,19+,20?,24?/m1/s1. The Kier molecular flexibility index (Phi) is 8.76. The predicted octanol–water partition coefficient (Wildman–Crippen LogP) is 0.642. The van der Waals surface area contributed by atoms with Crippen molar-refractivity contribution >= 4 is 29.5 Å². The zero-order valence-corrected chi connectivity index (χ0v) is 21.0. The monoisotopic (exact) mass is 497 g/mol. The van der Waals surface area contributed by atoms with Gasteiger partial charge in [-0.05, 0) is 32.6 Å². The summed E-state index contributed by atoms with van der Waals surface area (Å²) in [6.07, 6.45) is 4.92. The van der Waals surface area contributed by atoms with Gasteiger partial charge in [-0.15, -0.1) is 11.8 Å². The molecule has 0 radical (unpaired) electrons. The number of nitrogens with one attached hydrogen (secondary N) is 1. The zero-order chi connectivity index (χ0) is 24.1. The number of hydrogen-bond donors (Lipinski definition) is 2. The van der Waals surface area contributed by atoms with Gasteiger partial charge >= 0.3 is 5.97 Å². The molecule has 0 aromatic rings. The van der Waals surface area contributed by atoms with Gasteiger partial charge in [-0.1, -0.05) is 12.8 Å². The SMILES string of the molecule is CCOC(=O)[C@@H]1[C@H]2C(=O)N(CCCCCCO)C(C(=O)NCCN3CCOCC3)C23CC[C@H]1S3. The maximum atomic E-state index is 13.7. The number of aliphatic hydroxyl groups is 1. The highest BCUT2D eigenvalue weighted by molar-refractivity contribution is 8.02. The highest BCUT2D eigenvalue weighted by Crippen LogP contribution is 2.66. The third kappa shape index (κ3) is 4.96. The summed E-state index contributed by atoms with van der Waals surface area (Å²) in [6.45, 7) is 7.20. The third-order valence-corrected chi connectivity index (χ3v) is 9.70. The summed E-state index contributed by atoms with van der Waals surface area (Å²) in [4.78, 5) is 44.2. The molecule has 4 rings (SSSR count). The van der Waals surface area contributed by atoms with Crippen LogP contribution in [0.3, 0.4) is 0 Å². The molecule has 4 heterocycles. The van der Waals surface area contributed by atoms with Crippen LogP contribution in [-0.4, -0.2) is 108 Å². The van der Waals surface area contributed by atoms with Crippen molar-refractivity contribution in [2.75, 3.05) is 59.2 Å². The second-order valence-electron chi connectivity index (χ2n) is 9.72. The van der Waals surface area contributed by atoms with Crippen molar-refractivity contribution in [2.45, 2.75) is 61.5 Å². The van der Waals surface area contributed by atoms with E-state index in [1.165, 1.54) is 0 Å². The van der Waals surface area contributed by atoms with Crippen LogP contribution in [0, 0.1) is 11.8 Å². The molecule has 0 aromatic heterocycles. The number of likely N-dealkylation sites (tertiary alicyclic amines) is 1. The van der Waals surface area contributed by atoms with Crippen LogP contribution in [0.2, 0.25) is 0 Å². The molecule has 4 fully saturated rings. The first-order chi connectivity index (χ1) is 16.5. The minimum absolute atomic E-state index is 0.0448. The fourth-order valence-corrected chi connectivity index (χ4v) is 8.41. The number of carbonyl (C=O) groups excluding carboxylic acids is 3. The molecular formula is C24H39N3O6S. The van der Waals surface area contributed by atoms with Crippen LogP contribution in [0.5, 0.6) is 0 Å². The van der Waals surface area contributed by atoms with Crippen molar-refractivity contribution in [3.05, 3.63) is 0 Å². The lowest BCUT2D eigenvalue weighted by Crippen LogP contribution is -2.54. The number of esters is 1. The van der Waals surface area contributed by atoms with E-state index in [9.17, 15) is 14.4 Å². The lowest BCUT2D eigenvalue weighted by atomic mass is 9.71. The van der Waals surface area contributed by atoms with E-state index in [2.05, 4.69) is 10.2 Å². The van der Waals surface area contributed by atoms with Gasteiger partial charge in [0.05, 0.1) is 36.4 Å². The number of amides is 2. The van der Waals surface area contributed by atoms with E-state index in [0.29, 0.717) is 32.9 Å². The second-order valence-corrected chi connectivity index (χ2v) is 11.3. The smallest absolute Gasteiger partial charge is 0.310 e. The lowest BCUT2D eigenvalue weighted by molar-refractivity contribution is -0.153. The minimum atomic E-state index is -0.554. The molecule has 10 heteroatoms. The summed E-state index contributed by atoms with van der Waals surface area (Å²) in [5.41, 5.74) is 0. The van der Waals surface area contributed by atoms with E-state index < -0.39 is 22.6 Å². The molecule has 2 N–H and O–H groups in total. The molecule has 4 saturated heterocycles. The van der Waals surface area contributed by atoms with Gasteiger partial charge in [-0.25, -0.2) is 0 Å². The van der Waals surface area contributed by atoms with E-state index in [1.807, 2.05) is 0 Å². The number of unbranched alkanes of at least 4 members (excludes halogenated alkanes) is 3. The van der Waals surface area contributed by atoms with Crippen molar-refractivity contribution in [1.29, 1.82) is 0 Å². The van der Waals surface area contributed by atoms with Crippen LogP contribution >= 0.6 is 11.8 Å². The normalized spacial score (nSPS) is 32.8. The van der Waals surface area contributed by atoms with Gasteiger partial charge in [0.15, 0.2) is 0 Å². The van der Waals surface area contributed by atoms with Crippen molar-refractivity contribution in [2.24, 2.45) is 11.8 Å². The predicted molar refractivity (Wildman–Crippen MR) is 128 cm³/mol. The minimum Gasteiger partial charge on any atom is -0.466 e. The number of aliphatic hydroxyl groups excluding tert-OH is 1. The topological polar surface area (TPSA) is 108 Å². The van der Waals surface area contributed by atoms with Crippen LogP contribution in [0.4, 0.5) is 0 Å². The first kappa shape index (κ1) is 25.7. The van der Waals surface area contributed by atoms with E-state index in [1.54, 1.807) is 23.6 Å². The van der Waals surface area contributed by atoms with E-state index >= 15 is 0 Å². The van der Waals surface area contributed by atoms with Gasteiger partial charge in [0.25, 0.3) is 0 Å². The summed E-state index contributed by atoms with van der Waals surface area (Å²) in [6, 6.07) is -0.554. The summed E-state index contributed by atoms with van der Waals surface area (Å²) < 4.78 is 10.2. The fourth-order valence-electron chi connectivity index (χ4n) is 6.21. The number of morpholine rings is 1. The van der Waals surface area contributed by atoms with Crippen LogP contribution < -0.4 is 5.32 Å².